The summed E-state index contributed by atoms with van der Waals surface area (Å²) in [6, 6.07) is 8.39. The van der Waals surface area contributed by atoms with E-state index in [1.165, 1.54) is 6.07 Å². The SMILES string of the molecule is O=C1Cc2cccc(C(=O)N[C@H]3CC[C@](F)(CCN4CCc5ccc(OCC(F)(F)F)nc5CC4)CC3)c2N1. The number of nitrogens with one attached hydrogen (secondary N) is 2. The van der Waals surface area contributed by atoms with Crippen molar-refractivity contribution in [3.8, 4) is 5.88 Å². The number of ether oxygens (including phenoxy) is 1. The summed E-state index contributed by atoms with van der Waals surface area (Å²) in [5.41, 5.74) is 2.21. The molecule has 11 heteroatoms. The molecular formula is C28H32F4N4O3. The first-order valence-electron chi connectivity index (χ1n) is 13.4. The van der Waals surface area contributed by atoms with Crippen LogP contribution < -0.4 is 15.4 Å². The number of aromatic nitrogens is 1. The highest BCUT2D eigenvalue weighted by Gasteiger charge is 2.36. The van der Waals surface area contributed by atoms with Gasteiger partial charge in [-0.25, -0.2) is 9.37 Å². The lowest BCUT2D eigenvalue weighted by atomic mass is 9.81. The van der Waals surface area contributed by atoms with Crippen LogP contribution >= 0.6 is 0 Å². The number of rotatable bonds is 7. The molecule has 0 saturated heterocycles. The van der Waals surface area contributed by atoms with E-state index in [1.807, 2.05) is 6.07 Å². The van der Waals surface area contributed by atoms with Gasteiger partial charge in [-0.1, -0.05) is 18.2 Å². The van der Waals surface area contributed by atoms with Gasteiger partial charge < -0.3 is 20.3 Å². The average Bonchev–Trinajstić information content (AvgIpc) is 3.16. The molecule has 2 N–H and O–H groups in total. The number of pyridine rings is 1. The van der Waals surface area contributed by atoms with Gasteiger partial charge in [0.1, 0.15) is 5.67 Å². The predicted octanol–water partition coefficient (Wildman–Crippen LogP) is 4.39. The molecule has 1 aromatic carbocycles. The minimum Gasteiger partial charge on any atom is -0.468 e. The molecule has 2 aliphatic heterocycles. The Hall–Kier alpha value is -3.21. The van der Waals surface area contributed by atoms with E-state index in [4.69, 9.17) is 4.74 Å². The van der Waals surface area contributed by atoms with E-state index in [2.05, 4.69) is 20.5 Å². The second-order valence-electron chi connectivity index (χ2n) is 10.7. The Balaban J connectivity index is 1.08. The van der Waals surface area contributed by atoms with E-state index < -0.39 is 18.5 Å². The lowest BCUT2D eigenvalue weighted by Gasteiger charge is -2.35. The number of carbonyl (C=O) groups is 2. The van der Waals surface area contributed by atoms with Crippen molar-refractivity contribution < 1.29 is 31.9 Å². The lowest BCUT2D eigenvalue weighted by molar-refractivity contribution is -0.154. The molecule has 3 heterocycles. The number of para-hydroxylation sites is 1. The fourth-order valence-electron chi connectivity index (χ4n) is 5.66. The molecule has 1 aromatic heterocycles. The molecule has 2 aromatic rings. The Kier molecular flexibility index (Phi) is 7.80. The van der Waals surface area contributed by atoms with Crippen molar-refractivity contribution in [2.45, 2.75) is 69.3 Å². The maximum Gasteiger partial charge on any atom is 0.422 e. The zero-order chi connectivity index (χ0) is 27.6. The normalized spacial score (nSPS) is 23.4. The molecule has 0 bridgehead atoms. The lowest BCUT2D eigenvalue weighted by Crippen LogP contribution is -2.43. The molecule has 0 unspecified atom stereocenters. The molecule has 0 spiro atoms. The van der Waals surface area contributed by atoms with Gasteiger partial charge in [0.25, 0.3) is 5.91 Å². The van der Waals surface area contributed by atoms with Gasteiger partial charge in [-0.05, 0) is 55.7 Å². The highest BCUT2D eigenvalue weighted by Crippen LogP contribution is 2.36. The molecule has 210 valence electrons. The molecule has 5 rings (SSSR count). The molecule has 0 atom stereocenters. The summed E-state index contributed by atoms with van der Waals surface area (Å²) in [6.07, 6.45) is -0.710. The van der Waals surface area contributed by atoms with Crippen molar-refractivity contribution in [3.05, 3.63) is 52.7 Å². The van der Waals surface area contributed by atoms with Crippen molar-refractivity contribution in [1.82, 2.24) is 15.2 Å². The van der Waals surface area contributed by atoms with E-state index >= 15 is 4.39 Å². The van der Waals surface area contributed by atoms with Crippen LogP contribution in [0.15, 0.2) is 30.3 Å². The maximum atomic E-state index is 15.7. The highest BCUT2D eigenvalue weighted by atomic mass is 19.4. The van der Waals surface area contributed by atoms with Crippen LogP contribution in [-0.4, -0.2) is 65.8 Å². The number of amides is 2. The number of hydrogen-bond donors (Lipinski definition) is 2. The van der Waals surface area contributed by atoms with E-state index in [1.54, 1.807) is 18.2 Å². The molecule has 3 aliphatic rings. The topological polar surface area (TPSA) is 83.6 Å². The van der Waals surface area contributed by atoms with Crippen LogP contribution in [0.3, 0.4) is 0 Å². The summed E-state index contributed by atoms with van der Waals surface area (Å²) in [7, 11) is 0. The zero-order valence-corrected chi connectivity index (χ0v) is 21.6. The van der Waals surface area contributed by atoms with Crippen LogP contribution in [-0.2, 0) is 24.1 Å². The second kappa shape index (κ2) is 11.1. The first kappa shape index (κ1) is 27.4. The molecule has 7 nitrogen and oxygen atoms in total. The van der Waals surface area contributed by atoms with Crippen LogP contribution in [0.1, 0.15) is 59.3 Å². The third-order valence-electron chi connectivity index (χ3n) is 7.89. The highest BCUT2D eigenvalue weighted by molar-refractivity contribution is 6.08. The van der Waals surface area contributed by atoms with Crippen LogP contribution in [0, 0.1) is 0 Å². The minimum absolute atomic E-state index is 0.0347. The van der Waals surface area contributed by atoms with Crippen LogP contribution in [0.4, 0.5) is 23.2 Å². The zero-order valence-electron chi connectivity index (χ0n) is 21.6. The van der Waals surface area contributed by atoms with E-state index in [9.17, 15) is 22.8 Å². The molecule has 1 saturated carbocycles. The van der Waals surface area contributed by atoms with Crippen molar-refractivity contribution in [1.29, 1.82) is 0 Å². The number of nitrogens with zero attached hydrogens (tertiary/aromatic N) is 2. The largest absolute Gasteiger partial charge is 0.468 e. The number of benzene rings is 1. The number of hydrogen-bond acceptors (Lipinski definition) is 5. The maximum absolute atomic E-state index is 15.7. The van der Waals surface area contributed by atoms with Gasteiger partial charge >= 0.3 is 6.18 Å². The molecule has 2 amide bonds. The van der Waals surface area contributed by atoms with Gasteiger partial charge in [0.15, 0.2) is 6.61 Å². The second-order valence-corrected chi connectivity index (χ2v) is 10.7. The number of fused-ring (bicyclic) bond motifs is 2. The quantitative estimate of drug-likeness (QED) is 0.502. The van der Waals surface area contributed by atoms with Gasteiger partial charge in [-0.2, -0.15) is 13.2 Å². The molecular weight excluding hydrogens is 516 g/mol. The Bertz CT molecular complexity index is 1230. The summed E-state index contributed by atoms with van der Waals surface area (Å²) in [4.78, 5) is 31.1. The fourth-order valence-corrected chi connectivity index (χ4v) is 5.66. The number of alkyl halides is 4. The number of anilines is 1. The molecule has 39 heavy (non-hydrogen) atoms. The van der Waals surface area contributed by atoms with Crippen LogP contribution in [0.5, 0.6) is 5.88 Å². The third-order valence-corrected chi connectivity index (χ3v) is 7.89. The molecule has 1 aliphatic carbocycles. The monoisotopic (exact) mass is 548 g/mol. The summed E-state index contributed by atoms with van der Waals surface area (Å²) in [5.74, 6) is -0.419. The number of halogens is 4. The minimum atomic E-state index is -4.42. The van der Waals surface area contributed by atoms with Crippen LogP contribution in [0.2, 0.25) is 0 Å². The van der Waals surface area contributed by atoms with Crippen molar-refractivity contribution in [2.24, 2.45) is 0 Å². The molecule has 0 radical (unpaired) electrons. The fraction of sp³-hybridized carbons (Fsp3) is 0.536. The molecule has 1 fully saturated rings. The Morgan fingerprint density at radius 1 is 1.13 bits per heavy atom. The first-order valence-corrected chi connectivity index (χ1v) is 13.4. The van der Waals surface area contributed by atoms with Crippen molar-refractivity contribution in [2.75, 3.05) is 31.6 Å². The third kappa shape index (κ3) is 6.87. The summed E-state index contributed by atoms with van der Waals surface area (Å²) in [5, 5.41) is 5.77. The standard InChI is InChI=1S/C28H32F4N4O3/c29-27(10-6-20(7-11-27)33-26(38)21-3-1-2-19-16-23(37)35-25(19)21)12-15-36-13-8-18-4-5-24(34-22(18)9-14-36)39-17-28(30,31)32/h1-5,20H,6-17H2,(H,33,38)(H,35,37)/t20-,27+. The van der Waals surface area contributed by atoms with Gasteiger partial charge in [0.2, 0.25) is 11.8 Å². The summed E-state index contributed by atoms with van der Waals surface area (Å²) in [6.45, 7) is 0.578. The van der Waals surface area contributed by atoms with Crippen LogP contribution in [0.25, 0.3) is 0 Å². The average molecular weight is 549 g/mol. The van der Waals surface area contributed by atoms with Gasteiger partial charge in [0.05, 0.1) is 17.7 Å². The van der Waals surface area contributed by atoms with E-state index in [-0.39, 0.29) is 30.2 Å². The van der Waals surface area contributed by atoms with Gasteiger partial charge in [0, 0.05) is 43.9 Å². The summed E-state index contributed by atoms with van der Waals surface area (Å²) >= 11 is 0. The van der Waals surface area contributed by atoms with Crippen molar-refractivity contribution in [3.63, 3.8) is 0 Å². The van der Waals surface area contributed by atoms with E-state index in [0.717, 1.165) is 23.4 Å². The Morgan fingerprint density at radius 2 is 1.90 bits per heavy atom. The number of carbonyl (C=O) groups excluding carboxylic acids is 2. The Morgan fingerprint density at radius 3 is 2.67 bits per heavy atom. The Labute approximate surface area is 224 Å². The summed E-state index contributed by atoms with van der Waals surface area (Å²) < 4.78 is 57.8. The van der Waals surface area contributed by atoms with Gasteiger partial charge in [-0.3, -0.25) is 9.59 Å². The first-order chi connectivity index (χ1) is 18.6. The van der Waals surface area contributed by atoms with E-state index in [0.29, 0.717) is 69.3 Å². The van der Waals surface area contributed by atoms with Crippen molar-refractivity contribution >= 4 is 17.5 Å². The smallest absolute Gasteiger partial charge is 0.422 e. The van der Waals surface area contributed by atoms with Gasteiger partial charge in [-0.15, -0.1) is 0 Å². The predicted molar refractivity (Wildman–Crippen MR) is 137 cm³/mol.